The van der Waals surface area contributed by atoms with Crippen molar-refractivity contribution in [1.29, 1.82) is 0 Å². The molecule has 2 aromatic carbocycles. The van der Waals surface area contributed by atoms with E-state index in [9.17, 15) is 9.59 Å². The van der Waals surface area contributed by atoms with Crippen LogP contribution in [0, 0.1) is 5.92 Å². The molecule has 4 nitrogen and oxygen atoms in total. The van der Waals surface area contributed by atoms with Crippen molar-refractivity contribution >= 4 is 52.3 Å². The predicted molar refractivity (Wildman–Crippen MR) is 100 cm³/mol. The van der Waals surface area contributed by atoms with Crippen molar-refractivity contribution in [3.63, 3.8) is 0 Å². The molecule has 0 radical (unpaired) electrons. The summed E-state index contributed by atoms with van der Waals surface area (Å²) in [6.07, 6.45) is 0.148. The zero-order valence-electron chi connectivity index (χ0n) is 13.1. The molecular formula is C18H15Cl3N2O2. The first-order valence-corrected chi connectivity index (χ1v) is 8.85. The molecule has 0 spiro atoms. The average Bonchev–Trinajstić information content (AvgIpc) is 2.98. The summed E-state index contributed by atoms with van der Waals surface area (Å²) in [6, 6.07) is 12.3. The molecule has 25 heavy (non-hydrogen) atoms. The lowest BCUT2D eigenvalue weighted by Gasteiger charge is -2.18. The molecule has 1 aliphatic rings. The second-order valence-corrected chi connectivity index (χ2v) is 7.04. The van der Waals surface area contributed by atoms with E-state index in [1.54, 1.807) is 30.3 Å². The predicted octanol–water partition coefficient (Wildman–Crippen LogP) is 4.32. The highest BCUT2D eigenvalue weighted by Crippen LogP contribution is 2.35. The topological polar surface area (TPSA) is 49.4 Å². The van der Waals surface area contributed by atoms with Gasteiger partial charge in [-0.1, -0.05) is 53.0 Å². The van der Waals surface area contributed by atoms with Gasteiger partial charge in [-0.3, -0.25) is 9.59 Å². The molecule has 1 atom stereocenters. The molecule has 0 bridgehead atoms. The van der Waals surface area contributed by atoms with E-state index in [2.05, 4.69) is 5.32 Å². The van der Waals surface area contributed by atoms with Gasteiger partial charge in [0.25, 0.3) is 0 Å². The molecule has 0 saturated carbocycles. The Bertz CT molecular complexity index is 808. The monoisotopic (exact) mass is 396 g/mol. The van der Waals surface area contributed by atoms with Crippen LogP contribution in [0.25, 0.3) is 0 Å². The first kappa shape index (κ1) is 18.1. The van der Waals surface area contributed by atoms with Crippen molar-refractivity contribution in [3.8, 4) is 0 Å². The molecule has 1 saturated heterocycles. The Balaban J connectivity index is 1.64. The maximum Gasteiger partial charge on any atom is 0.227 e. The van der Waals surface area contributed by atoms with Crippen LogP contribution >= 0.6 is 34.8 Å². The highest BCUT2D eigenvalue weighted by atomic mass is 35.5. The molecular weight excluding hydrogens is 383 g/mol. The van der Waals surface area contributed by atoms with Crippen LogP contribution in [0.15, 0.2) is 42.5 Å². The summed E-state index contributed by atoms with van der Waals surface area (Å²) in [5.41, 5.74) is 1.48. The summed E-state index contributed by atoms with van der Waals surface area (Å²) >= 11 is 18.0. The SMILES string of the molecule is O=C(NCc1ccc(Cl)cc1)C1CC(=O)N(c2cccc(Cl)c2Cl)C1. The van der Waals surface area contributed by atoms with Crippen molar-refractivity contribution in [2.45, 2.75) is 13.0 Å². The number of carbonyl (C=O) groups excluding carboxylic acids is 2. The maximum atomic E-state index is 12.4. The van der Waals surface area contributed by atoms with E-state index >= 15 is 0 Å². The van der Waals surface area contributed by atoms with Crippen LogP contribution in [-0.4, -0.2) is 18.4 Å². The minimum atomic E-state index is -0.421. The Labute approximate surface area is 160 Å². The van der Waals surface area contributed by atoms with Crippen LogP contribution in [-0.2, 0) is 16.1 Å². The van der Waals surface area contributed by atoms with E-state index in [0.717, 1.165) is 5.56 Å². The smallest absolute Gasteiger partial charge is 0.227 e. The van der Waals surface area contributed by atoms with Gasteiger partial charge in [-0.05, 0) is 29.8 Å². The number of rotatable bonds is 4. The Morgan fingerprint density at radius 2 is 1.84 bits per heavy atom. The van der Waals surface area contributed by atoms with Gasteiger partial charge >= 0.3 is 0 Å². The molecule has 1 heterocycles. The van der Waals surface area contributed by atoms with Crippen LogP contribution in [0.5, 0.6) is 0 Å². The summed E-state index contributed by atoms with van der Waals surface area (Å²) in [7, 11) is 0. The zero-order chi connectivity index (χ0) is 18.0. The second-order valence-electron chi connectivity index (χ2n) is 5.82. The number of benzene rings is 2. The van der Waals surface area contributed by atoms with Gasteiger partial charge in [-0.25, -0.2) is 0 Å². The average molecular weight is 398 g/mol. The number of hydrogen-bond donors (Lipinski definition) is 1. The normalized spacial score (nSPS) is 17.0. The van der Waals surface area contributed by atoms with Gasteiger partial charge in [0.15, 0.2) is 0 Å². The van der Waals surface area contributed by atoms with Crippen molar-refractivity contribution in [2.24, 2.45) is 5.92 Å². The van der Waals surface area contributed by atoms with E-state index in [1.807, 2.05) is 12.1 Å². The molecule has 1 fully saturated rings. The highest BCUT2D eigenvalue weighted by Gasteiger charge is 2.36. The summed E-state index contributed by atoms with van der Waals surface area (Å²) in [5.74, 6) is -0.727. The number of carbonyl (C=O) groups is 2. The van der Waals surface area contributed by atoms with Crippen molar-refractivity contribution < 1.29 is 9.59 Å². The molecule has 2 aromatic rings. The fourth-order valence-electron chi connectivity index (χ4n) is 2.75. The number of anilines is 1. The first-order valence-electron chi connectivity index (χ1n) is 7.72. The van der Waals surface area contributed by atoms with Crippen LogP contribution in [0.4, 0.5) is 5.69 Å². The van der Waals surface area contributed by atoms with E-state index in [0.29, 0.717) is 27.3 Å². The molecule has 1 aliphatic heterocycles. The first-order chi connectivity index (χ1) is 12.0. The van der Waals surface area contributed by atoms with Crippen molar-refractivity contribution in [1.82, 2.24) is 5.32 Å². The van der Waals surface area contributed by atoms with Gasteiger partial charge in [0.05, 0.1) is 21.7 Å². The van der Waals surface area contributed by atoms with E-state index < -0.39 is 5.92 Å². The molecule has 2 amide bonds. The molecule has 7 heteroatoms. The third kappa shape index (κ3) is 4.09. The van der Waals surface area contributed by atoms with Crippen molar-refractivity contribution in [2.75, 3.05) is 11.4 Å². The number of hydrogen-bond acceptors (Lipinski definition) is 2. The quantitative estimate of drug-likeness (QED) is 0.835. The number of halogens is 3. The van der Waals surface area contributed by atoms with Gasteiger partial charge in [-0.15, -0.1) is 0 Å². The lowest BCUT2D eigenvalue weighted by Crippen LogP contribution is -2.32. The van der Waals surface area contributed by atoms with Crippen LogP contribution in [0.3, 0.4) is 0 Å². The molecule has 1 N–H and O–H groups in total. The Morgan fingerprint density at radius 1 is 1.12 bits per heavy atom. The second kappa shape index (κ2) is 7.65. The fourth-order valence-corrected chi connectivity index (χ4v) is 3.28. The van der Waals surface area contributed by atoms with Crippen LogP contribution in [0.1, 0.15) is 12.0 Å². The van der Waals surface area contributed by atoms with Gasteiger partial charge in [-0.2, -0.15) is 0 Å². The van der Waals surface area contributed by atoms with Crippen LogP contribution in [0.2, 0.25) is 15.1 Å². The standard InChI is InChI=1S/C18H15Cl3N2O2/c19-13-6-4-11(5-7-13)9-22-18(25)12-8-16(24)23(10-12)15-3-1-2-14(20)17(15)21/h1-7,12H,8-10H2,(H,22,25). The van der Waals surface area contributed by atoms with Gasteiger partial charge in [0.1, 0.15) is 0 Å². The lowest BCUT2D eigenvalue weighted by molar-refractivity contribution is -0.126. The summed E-state index contributed by atoms with van der Waals surface area (Å²) < 4.78 is 0. The van der Waals surface area contributed by atoms with Gasteiger partial charge in [0, 0.05) is 24.5 Å². The summed E-state index contributed by atoms with van der Waals surface area (Å²) in [5, 5.41) is 4.20. The van der Waals surface area contributed by atoms with Gasteiger partial charge < -0.3 is 10.2 Å². The lowest BCUT2D eigenvalue weighted by atomic mass is 10.1. The Hall–Kier alpha value is -1.75. The van der Waals surface area contributed by atoms with E-state index in [-0.39, 0.29) is 24.8 Å². The Morgan fingerprint density at radius 3 is 2.56 bits per heavy atom. The minimum Gasteiger partial charge on any atom is -0.352 e. The van der Waals surface area contributed by atoms with E-state index in [1.165, 1.54) is 4.90 Å². The van der Waals surface area contributed by atoms with Gasteiger partial charge in [0.2, 0.25) is 11.8 Å². The molecule has 3 rings (SSSR count). The summed E-state index contributed by atoms with van der Waals surface area (Å²) in [4.78, 5) is 26.2. The number of amides is 2. The number of nitrogens with zero attached hydrogens (tertiary/aromatic N) is 1. The maximum absolute atomic E-state index is 12.4. The largest absolute Gasteiger partial charge is 0.352 e. The Kier molecular flexibility index (Phi) is 5.52. The fraction of sp³-hybridized carbons (Fsp3) is 0.222. The number of nitrogens with one attached hydrogen (secondary N) is 1. The van der Waals surface area contributed by atoms with Crippen LogP contribution < -0.4 is 10.2 Å². The third-order valence-electron chi connectivity index (χ3n) is 4.10. The van der Waals surface area contributed by atoms with E-state index in [4.69, 9.17) is 34.8 Å². The van der Waals surface area contributed by atoms with Crippen molar-refractivity contribution in [3.05, 3.63) is 63.1 Å². The highest BCUT2D eigenvalue weighted by molar-refractivity contribution is 6.44. The molecule has 1 unspecified atom stereocenters. The molecule has 0 aromatic heterocycles. The molecule has 0 aliphatic carbocycles. The zero-order valence-corrected chi connectivity index (χ0v) is 15.4. The minimum absolute atomic E-state index is 0.143. The summed E-state index contributed by atoms with van der Waals surface area (Å²) in [6.45, 7) is 0.671. The molecule has 130 valence electrons. The third-order valence-corrected chi connectivity index (χ3v) is 5.16.